The maximum absolute atomic E-state index is 13.4. The van der Waals surface area contributed by atoms with Crippen LogP contribution in [0.5, 0.6) is 5.75 Å². The van der Waals surface area contributed by atoms with Gasteiger partial charge in [0.2, 0.25) is 12.0 Å². The summed E-state index contributed by atoms with van der Waals surface area (Å²) in [6.07, 6.45) is -6.50. The molecule has 1 amide bonds. The van der Waals surface area contributed by atoms with Crippen LogP contribution >= 0.6 is 0 Å². The van der Waals surface area contributed by atoms with E-state index < -0.39 is 36.0 Å². The van der Waals surface area contributed by atoms with E-state index in [0.29, 0.717) is 12.0 Å². The minimum atomic E-state index is -4.66. The number of ether oxygens (including phenoxy) is 2. The third kappa shape index (κ3) is 3.43. The number of halogens is 3. The molecule has 3 atom stereocenters. The first kappa shape index (κ1) is 17.6. The third-order valence-electron chi connectivity index (χ3n) is 4.71. The molecular weight excluding hydrogens is 339 g/mol. The molecule has 3 rings (SSSR count). The number of fused-ring (bicyclic) bond motifs is 1. The largest absolute Gasteiger partial charge is 0.480 e. The highest BCUT2D eigenvalue weighted by atomic mass is 19.4. The molecule has 2 heterocycles. The molecule has 8 heteroatoms. The minimum absolute atomic E-state index is 0.0431. The summed E-state index contributed by atoms with van der Waals surface area (Å²) in [7, 11) is 1.25. The Morgan fingerprint density at radius 3 is 2.68 bits per heavy atom. The Labute approximate surface area is 142 Å². The lowest BCUT2D eigenvalue weighted by Gasteiger charge is -2.35. The van der Waals surface area contributed by atoms with Crippen LogP contribution in [0.15, 0.2) is 24.3 Å². The van der Waals surface area contributed by atoms with Crippen LogP contribution in [0.25, 0.3) is 0 Å². The molecule has 136 valence electrons. The third-order valence-corrected chi connectivity index (χ3v) is 4.71. The zero-order chi connectivity index (χ0) is 18.2. The normalized spacial score (nSPS) is 25.9. The molecule has 5 nitrogen and oxygen atoms in total. The van der Waals surface area contributed by atoms with Crippen molar-refractivity contribution in [3.63, 3.8) is 0 Å². The van der Waals surface area contributed by atoms with Crippen molar-refractivity contribution in [2.75, 3.05) is 20.2 Å². The number of hydrogen-bond acceptors (Lipinski definition) is 4. The standard InChI is InChI=1S/C17H18F3NO4/c1-24-16(23)11-6-7-21(9-11)15(22)12-8-10-4-2-3-5-13(10)25-14(12)17(18,19)20/h2-5,11-12,14H,6-9H2,1H3/t11?,12-,14-/m1/s1. The van der Waals surface area contributed by atoms with Crippen molar-refractivity contribution >= 4 is 11.9 Å². The van der Waals surface area contributed by atoms with Crippen LogP contribution in [0.4, 0.5) is 13.2 Å². The number of benzene rings is 1. The van der Waals surface area contributed by atoms with Crippen LogP contribution in [0.1, 0.15) is 12.0 Å². The second-order valence-electron chi connectivity index (χ2n) is 6.29. The predicted octanol–water partition coefficient (Wildman–Crippen LogP) is 2.19. The zero-order valence-corrected chi connectivity index (χ0v) is 13.6. The second-order valence-corrected chi connectivity index (χ2v) is 6.29. The van der Waals surface area contributed by atoms with Gasteiger partial charge in [-0.1, -0.05) is 18.2 Å². The molecule has 0 saturated carbocycles. The molecule has 0 N–H and O–H groups in total. The number of hydrogen-bond donors (Lipinski definition) is 0. The molecule has 1 fully saturated rings. The van der Waals surface area contributed by atoms with Gasteiger partial charge in [0.05, 0.1) is 18.9 Å². The maximum Gasteiger partial charge on any atom is 0.426 e. The van der Waals surface area contributed by atoms with Gasteiger partial charge in [-0.25, -0.2) is 0 Å². The molecule has 25 heavy (non-hydrogen) atoms. The minimum Gasteiger partial charge on any atom is -0.480 e. The Balaban J connectivity index is 1.81. The van der Waals surface area contributed by atoms with Crippen LogP contribution in [-0.2, 0) is 20.7 Å². The summed E-state index contributed by atoms with van der Waals surface area (Å²) in [6, 6.07) is 6.41. The summed E-state index contributed by atoms with van der Waals surface area (Å²) in [4.78, 5) is 25.6. The van der Waals surface area contributed by atoms with Crippen molar-refractivity contribution in [2.45, 2.75) is 25.1 Å². The molecule has 0 radical (unpaired) electrons. The first-order valence-electron chi connectivity index (χ1n) is 7.99. The number of methoxy groups -OCH3 is 1. The monoisotopic (exact) mass is 357 g/mol. The molecule has 0 aromatic heterocycles. The molecule has 1 aromatic rings. The molecule has 2 aliphatic rings. The number of amides is 1. The summed E-state index contributed by atoms with van der Waals surface area (Å²) in [5.41, 5.74) is 0.574. The van der Waals surface area contributed by atoms with E-state index in [1.165, 1.54) is 18.1 Å². The molecule has 0 bridgehead atoms. The van der Waals surface area contributed by atoms with Crippen molar-refractivity contribution in [3.8, 4) is 5.75 Å². The van der Waals surface area contributed by atoms with E-state index >= 15 is 0 Å². The van der Waals surface area contributed by atoms with E-state index in [4.69, 9.17) is 4.74 Å². The van der Waals surface area contributed by atoms with E-state index in [1.54, 1.807) is 18.2 Å². The van der Waals surface area contributed by atoms with Gasteiger partial charge in [0.15, 0.2) is 0 Å². The Morgan fingerprint density at radius 2 is 2.00 bits per heavy atom. The number of rotatable bonds is 2. The number of para-hydroxylation sites is 1. The highest BCUT2D eigenvalue weighted by molar-refractivity contribution is 5.82. The van der Waals surface area contributed by atoms with E-state index in [9.17, 15) is 22.8 Å². The van der Waals surface area contributed by atoms with Crippen LogP contribution in [0, 0.1) is 11.8 Å². The van der Waals surface area contributed by atoms with Crippen molar-refractivity contribution in [2.24, 2.45) is 11.8 Å². The zero-order valence-electron chi connectivity index (χ0n) is 13.6. The summed E-state index contributed by atoms with van der Waals surface area (Å²) < 4.78 is 50.0. The number of nitrogens with zero attached hydrogens (tertiary/aromatic N) is 1. The Kier molecular flexibility index (Phi) is 4.62. The van der Waals surface area contributed by atoms with Crippen molar-refractivity contribution < 1.29 is 32.2 Å². The van der Waals surface area contributed by atoms with Crippen LogP contribution in [0.3, 0.4) is 0 Å². The molecule has 2 aliphatic heterocycles. The fraction of sp³-hybridized carbons (Fsp3) is 0.529. The van der Waals surface area contributed by atoms with Gasteiger partial charge in [0, 0.05) is 13.1 Å². The lowest BCUT2D eigenvalue weighted by atomic mass is 9.89. The summed E-state index contributed by atoms with van der Waals surface area (Å²) in [6.45, 7) is 0.315. The van der Waals surface area contributed by atoms with Gasteiger partial charge in [-0.2, -0.15) is 13.2 Å². The quantitative estimate of drug-likeness (QED) is 0.762. The fourth-order valence-electron chi connectivity index (χ4n) is 3.42. The highest BCUT2D eigenvalue weighted by Gasteiger charge is 2.53. The van der Waals surface area contributed by atoms with Crippen molar-refractivity contribution in [1.29, 1.82) is 0 Å². The molecule has 1 saturated heterocycles. The summed E-state index contributed by atoms with van der Waals surface area (Å²) in [5.74, 6) is -2.78. The number of esters is 1. The van der Waals surface area contributed by atoms with Gasteiger partial charge in [-0.05, 0) is 24.5 Å². The van der Waals surface area contributed by atoms with Gasteiger partial charge >= 0.3 is 12.1 Å². The van der Waals surface area contributed by atoms with Gasteiger partial charge in [-0.15, -0.1) is 0 Å². The smallest absolute Gasteiger partial charge is 0.426 e. The topological polar surface area (TPSA) is 55.8 Å². The molecule has 0 spiro atoms. The Hall–Kier alpha value is -2.25. The Bertz CT molecular complexity index is 676. The van der Waals surface area contributed by atoms with Crippen molar-refractivity contribution in [1.82, 2.24) is 4.90 Å². The van der Waals surface area contributed by atoms with Gasteiger partial charge < -0.3 is 14.4 Å². The molecule has 1 unspecified atom stereocenters. The predicted molar refractivity (Wildman–Crippen MR) is 80.8 cm³/mol. The molecule has 1 aromatic carbocycles. The lowest BCUT2D eigenvalue weighted by Crippen LogP contribution is -2.51. The number of alkyl halides is 3. The SMILES string of the molecule is COC(=O)C1CCN(C(=O)[C@@H]2Cc3ccccc3O[C@H]2C(F)(F)F)C1. The number of carbonyl (C=O) groups excluding carboxylic acids is 2. The first-order valence-corrected chi connectivity index (χ1v) is 7.99. The van der Waals surface area contributed by atoms with Crippen LogP contribution < -0.4 is 4.74 Å². The summed E-state index contributed by atoms with van der Waals surface area (Å²) >= 11 is 0. The average Bonchev–Trinajstić information content (AvgIpc) is 3.08. The number of carbonyl (C=O) groups is 2. The van der Waals surface area contributed by atoms with Crippen molar-refractivity contribution in [3.05, 3.63) is 29.8 Å². The number of likely N-dealkylation sites (tertiary alicyclic amines) is 1. The van der Waals surface area contributed by atoms with E-state index in [1.807, 2.05) is 0 Å². The highest BCUT2D eigenvalue weighted by Crippen LogP contribution is 2.39. The maximum atomic E-state index is 13.4. The average molecular weight is 357 g/mol. The summed E-state index contributed by atoms with van der Waals surface area (Å²) in [5, 5.41) is 0. The van der Waals surface area contributed by atoms with E-state index in [-0.39, 0.29) is 25.3 Å². The van der Waals surface area contributed by atoms with Gasteiger partial charge in [0.1, 0.15) is 5.75 Å². The molecular formula is C17H18F3NO4. The van der Waals surface area contributed by atoms with Gasteiger partial charge in [0.25, 0.3) is 0 Å². The Morgan fingerprint density at radius 1 is 1.28 bits per heavy atom. The molecule has 0 aliphatic carbocycles. The van der Waals surface area contributed by atoms with E-state index in [0.717, 1.165) is 0 Å². The van der Waals surface area contributed by atoms with Gasteiger partial charge in [-0.3, -0.25) is 9.59 Å². The van der Waals surface area contributed by atoms with Crippen LogP contribution in [0.2, 0.25) is 0 Å². The lowest BCUT2D eigenvalue weighted by molar-refractivity contribution is -0.215. The first-order chi connectivity index (χ1) is 11.8. The fourth-order valence-corrected chi connectivity index (χ4v) is 3.42. The van der Waals surface area contributed by atoms with Crippen LogP contribution in [-0.4, -0.2) is 49.3 Å². The second kappa shape index (κ2) is 6.57. The van der Waals surface area contributed by atoms with E-state index in [2.05, 4.69) is 4.74 Å².